The minimum Gasteiger partial charge on any atom is -0.444 e. The van der Waals surface area contributed by atoms with Gasteiger partial charge in [-0.3, -0.25) is 24.5 Å². The van der Waals surface area contributed by atoms with Gasteiger partial charge in [0, 0.05) is 56.3 Å². The molecule has 0 saturated carbocycles. The highest BCUT2D eigenvalue weighted by Crippen LogP contribution is 2.20. The summed E-state index contributed by atoms with van der Waals surface area (Å²) in [7, 11) is 1.65. The van der Waals surface area contributed by atoms with E-state index >= 15 is 0 Å². The number of nitrogens with two attached hydrogens (primary N) is 1. The van der Waals surface area contributed by atoms with Crippen molar-refractivity contribution in [3.8, 4) is 0 Å². The quantitative estimate of drug-likeness (QED) is 0.0521. The maximum atomic E-state index is 14.3. The number of ether oxygens (including phenoxy) is 2. The fraction of sp³-hybridized carbons (Fsp3) is 0.476. The third-order valence-corrected chi connectivity index (χ3v) is 11.8. The maximum Gasteiger partial charge on any atom is 0.407 e. The number of rotatable bonds is 21. The van der Waals surface area contributed by atoms with Crippen molar-refractivity contribution in [2.75, 3.05) is 46.4 Å². The molecule has 2 aromatic carbocycles. The van der Waals surface area contributed by atoms with Crippen LogP contribution >= 0.6 is 22.7 Å². The molecule has 2 aromatic heterocycles. The summed E-state index contributed by atoms with van der Waals surface area (Å²) in [5, 5.41) is 13.2. The Bertz CT molecular complexity index is 1880. The molecule has 1 aliphatic heterocycles. The number of amides is 5. The average molecular weight is 848 g/mol. The Labute approximate surface area is 354 Å². The van der Waals surface area contributed by atoms with Gasteiger partial charge in [-0.2, -0.15) is 0 Å². The van der Waals surface area contributed by atoms with Gasteiger partial charge in [0.15, 0.2) is 0 Å². The molecule has 0 bridgehead atoms. The van der Waals surface area contributed by atoms with Crippen LogP contribution in [0.5, 0.6) is 0 Å². The predicted octanol–water partition coefficient (Wildman–Crippen LogP) is 4.70. The number of morpholine rings is 1. The number of urea groups is 1. The first-order valence-corrected chi connectivity index (χ1v) is 21.8. The van der Waals surface area contributed by atoms with Crippen LogP contribution in [0.25, 0.3) is 0 Å². The fourth-order valence-corrected chi connectivity index (χ4v) is 7.88. The molecular formula is C42H57N9O6S2. The zero-order valence-corrected chi connectivity index (χ0v) is 35.7. The average Bonchev–Trinajstić information content (AvgIpc) is 3.94. The minimum absolute atomic E-state index is 0.0329. The Morgan fingerprint density at radius 3 is 2.14 bits per heavy atom. The lowest BCUT2D eigenvalue weighted by Gasteiger charge is -2.29. The summed E-state index contributed by atoms with van der Waals surface area (Å²) in [6.07, 6.45) is 3.27. The molecule has 0 aliphatic carbocycles. The normalized spacial score (nSPS) is 14.5. The van der Waals surface area contributed by atoms with E-state index in [1.54, 1.807) is 30.1 Å². The molecule has 5 N–H and O–H groups in total. The Morgan fingerprint density at radius 2 is 1.54 bits per heavy atom. The zero-order valence-electron chi connectivity index (χ0n) is 34.1. The van der Waals surface area contributed by atoms with Gasteiger partial charge >= 0.3 is 12.1 Å². The van der Waals surface area contributed by atoms with Gasteiger partial charge in [-0.1, -0.05) is 74.5 Å². The zero-order chi connectivity index (χ0) is 42.0. The van der Waals surface area contributed by atoms with Crippen LogP contribution in [-0.2, 0) is 45.1 Å². The molecule has 1 saturated heterocycles. The lowest BCUT2D eigenvalue weighted by molar-refractivity contribution is -0.134. The number of thiazole rings is 2. The molecule has 1 aliphatic rings. The van der Waals surface area contributed by atoms with Crippen molar-refractivity contribution in [2.45, 2.75) is 83.1 Å². The Balaban J connectivity index is 1.29. The summed E-state index contributed by atoms with van der Waals surface area (Å²) in [5.74, 6) is 5.82. The Hall–Kier alpha value is -4.94. The van der Waals surface area contributed by atoms with Crippen LogP contribution in [0.2, 0.25) is 0 Å². The second-order valence-electron chi connectivity index (χ2n) is 15.0. The molecule has 3 unspecified atom stereocenters. The van der Waals surface area contributed by atoms with E-state index in [2.05, 4.69) is 39.8 Å². The molecule has 318 valence electrons. The molecule has 4 aromatic rings. The number of alkyl carbamates (subject to hydrolysis) is 1. The first-order chi connectivity index (χ1) is 28.5. The van der Waals surface area contributed by atoms with Crippen molar-refractivity contribution in [1.82, 2.24) is 40.7 Å². The molecule has 3 heterocycles. The van der Waals surface area contributed by atoms with Gasteiger partial charge in [0.2, 0.25) is 5.91 Å². The number of hydrogen-bond acceptors (Lipinski definition) is 12. The molecule has 0 spiro atoms. The largest absolute Gasteiger partial charge is 0.444 e. The molecule has 5 rings (SSSR count). The predicted molar refractivity (Wildman–Crippen MR) is 228 cm³/mol. The van der Waals surface area contributed by atoms with E-state index in [4.69, 9.17) is 15.3 Å². The summed E-state index contributed by atoms with van der Waals surface area (Å²) in [6.45, 7) is 7.02. The highest BCUT2D eigenvalue weighted by molar-refractivity contribution is 7.09. The van der Waals surface area contributed by atoms with E-state index in [0.717, 1.165) is 31.7 Å². The Kier molecular flexibility index (Phi) is 18.1. The van der Waals surface area contributed by atoms with E-state index in [1.165, 1.54) is 16.2 Å². The van der Waals surface area contributed by atoms with Gasteiger partial charge in [-0.15, -0.1) is 22.7 Å². The second-order valence-corrected chi connectivity index (χ2v) is 16.9. The van der Waals surface area contributed by atoms with Gasteiger partial charge in [-0.05, 0) is 43.2 Å². The van der Waals surface area contributed by atoms with Gasteiger partial charge in [0.1, 0.15) is 12.6 Å². The van der Waals surface area contributed by atoms with Crippen molar-refractivity contribution >= 4 is 46.6 Å². The van der Waals surface area contributed by atoms with Crippen LogP contribution in [-0.4, -0.2) is 113 Å². The Morgan fingerprint density at radius 1 is 0.898 bits per heavy atom. The SMILES string of the molecule is CC(C)c1nc(CN(C)C(=O)NC(CCN(N)C(=O)CN2CCOCC2)C(=O)NC(CCC(Cc2ccccc2)NC(=O)OCc2cncs2)Cc2ccccc2)cs1. The van der Waals surface area contributed by atoms with E-state index in [9.17, 15) is 19.2 Å². The van der Waals surface area contributed by atoms with Crippen molar-refractivity contribution in [3.05, 3.63) is 104 Å². The fourth-order valence-electron chi connectivity index (χ4n) is 6.55. The van der Waals surface area contributed by atoms with Crippen LogP contribution in [0.1, 0.15) is 65.7 Å². The van der Waals surface area contributed by atoms with Gasteiger partial charge < -0.3 is 30.3 Å². The highest BCUT2D eigenvalue weighted by Gasteiger charge is 2.28. The van der Waals surface area contributed by atoms with Gasteiger partial charge in [-0.25, -0.2) is 20.4 Å². The molecule has 59 heavy (non-hydrogen) atoms. The molecule has 15 nitrogen and oxygen atoms in total. The first kappa shape index (κ1) is 45.1. The van der Waals surface area contributed by atoms with E-state index < -0.39 is 24.1 Å². The van der Waals surface area contributed by atoms with Crippen molar-refractivity contribution in [3.63, 3.8) is 0 Å². The number of benzene rings is 2. The summed E-state index contributed by atoms with van der Waals surface area (Å²) < 4.78 is 10.9. The second kappa shape index (κ2) is 23.6. The summed E-state index contributed by atoms with van der Waals surface area (Å²) in [4.78, 5) is 67.1. The number of hydrazine groups is 1. The molecule has 5 amide bonds. The molecule has 17 heteroatoms. The van der Waals surface area contributed by atoms with E-state index in [1.807, 2.05) is 70.9 Å². The van der Waals surface area contributed by atoms with Crippen molar-refractivity contribution in [1.29, 1.82) is 0 Å². The maximum absolute atomic E-state index is 14.3. The highest BCUT2D eigenvalue weighted by atomic mass is 32.1. The molecule has 0 radical (unpaired) electrons. The number of nitrogens with one attached hydrogen (secondary N) is 3. The lowest BCUT2D eigenvalue weighted by atomic mass is 9.95. The van der Waals surface area contributed by atoms with Crippen LogP contribution in [0.4, 0.5) is 9.59 Å². The summed E-state index contributed by atoms with van der Waals surface area (Å²) in [6, 6.07) is 17.5. The van der Waals surface area contributed by atoms with Crippen molar-refractivity contribution < 1.29 is 28.7 Å². The third kappa shape index (κ3) is 15.6. The number of carbonyl (C=O) groups is 4. The van der Waals surface area contributed by atoms with Crippen LogP contribution in [0.15, 0.2) is 77.8 Å². The lowest BCUT2D eigenvalue weighted by Crippen LogP contribution is -2.54. The van der Waals surface area contributed by atoms with E-state index in [0.29, 0.717) is 52.0 Å². The van der Waals surface area contributed by atoms with Gasteiger partial charge in [0.25, 0.3) is 5.91 Å². The standard InChI is InChI=1S/C42H57N9O6S2/c1-30(2)40-46-35(28-58-40)25-49(3)41(54)48-37(16-17-51(43)38(52)26-50-18-20-56-21-19-50)39(53)45-33(22-31-10-6-4-7-11-31)14-15-34(23-32-12-8-5-9-13-32)47-42(55)57-27-36-24-44-29-59-36/h4-13,24,28-30,33-34,37H,14-23,25-27,43H2,1-3H3,(H,45,53)(H,47,55)(H,48,54). The number of carbonyl (C=O) groups excluding carboxylic acids is 4. The van der Waals surface area contributed by atoms with Gasteiger partial charge in [0.05, 0.1) is 47.4 Å². The number of hydrogen-bond donors (Lipinski definition) is 4. The first-order valence-electron chi connectivity index (χ1n) is 20.0. The van der Waals surface area contributed by atoms with E-state index in [-0.39, 0.29) is 56.6 Å². The molecule has 1 fully saturated rings. The summed E-state index contributed by atoms with van der Waals surface area (Å²) >= 11 is 2.96. The van der Waals surface area contributed by atoms with Crippen LogP contribution in [0, 0.1) is 0 Å². The molecule has 3 atom stereocenters. The number of nitrogens with zero attached hydrogens (tertiary/aromatic N) is 5. The topological polar surface area (TPSA) is 184 Å². The van der Waals surface area contributed by atoms with Crippen LogP contribution < -0.4 is 21.8 Å². The van der Waals surface area contributed by atoms with Crippen molar-refractivity contribution in [2.24, 2.45) is 5.84 Å². The minimum atomic E-state index is -1.02. The third-order valence-electron chi connectivity index (χ3n) is 9.88. The smallest absolute Gasteiger partial charge is 0.407 e. The van der Waals surface area contributed by atoms with Crippen LogP contribution in [0.3, 0.4) is 0 Å². The monoisotopic (exact) mass is 847 g/mol. The molecular weight excluding hydrogens is 791 g/mol. The number of aromatic nitrogens is 2. The summed E-state index contributed by atoms with van der Waals surface area (Å²) in [5.41, 5.74) is 4.50.